The average Bonchev–Trinajstić information content (AvgIpc) is 2.84. The van der Waals surface area contributed by atoms with Crippen LogP contribution in [0.15, 0.2) is 84.0 Å². The van der Waals surface area contributed by atoms with E-state index in [0.717, 1.165) is 38.8 Å². The lowest BCUT2D eigenvalue weighted by molar-refractivity contribution is 0.415. The summed E-state index contributed by atoms with van der Waals surface area (Å²) in [5.41, 5.74) is 7.06. The highest BCUT2D eigenvalue weighted by atomic mass is 35.5. The number of anilines is 1. The van der Waals surface area contributed by atoms with E-state index in [4.69, 9.17) is 21.3 Å². The van der Waals surface area contributed by atoms with Gasteiger partial charge in [-0.15, -0.1) is 0 Å². The molecule has 0 aliphatic rings. The van der Waals surface area contributed by atoms with Crippen molar-refractivity contribution in [3.05, 3.63) is 89.6 Å². The van der Waals surface area contributed by atoms with Gasteiger partial charge in [0.2, 0.25) is 5.95 Å². The maximum absolute atomic E-state index is 6.35. The van der Waals surface area contributed by atoms with Crippen LogP contribution in [-0.2, 0) is 0 Å². The normalized spacial score (nSPS) is 11.3. The molecule has 0 amide bonds. The molecule has 32 heavy (non-hydrogen) atoms. The number of hydrazone groups is 1. The highest BCUT2D eigenvalue weighted by Crippen LogP contribution is 2.27. The molecule has 0 saturated carbocycles. The lowest BCUT2D eigenvalue weighted by Gasteiger charge is -2.08. The minimum absolute atomic E-state index is 0.359. The minimum atomic E-state index is 0.359. The average molecular weight is 440 g/mol. The third-order valence-corrected chi connectivity index (χ3v) is 5.32. The van der Waals surface area contributed by atoms with Gasteiger partial charge in [-0.25, -0.2) is 20.4 Å². The molecule has 7 heteroatoms. The Bertz CT molecular complexity index is 1450. The van der Waals surface area contributed by atoms with Crippen molar-refractivity contribution in [3.63, 3.8) is 0 Å². The van der Waals surface area contributed by atoms with E-state index in [1.807, 2.05) is 78.9 Å². The van der Waals surface area contributed by atoms with E-state index >= 15 is 0 Å². The Kier molecular flexibility index (Phi) is 5.35. The zero-order valence-corrected chi connectivity index (χ0v) is 17.9. The van der Waals surface area contributed by atoms with Crippen LogP contribution in [0.2, 0.25) is 5.15 Å². The number of nitrogens with zero attached hydrogens (tertiary/aromatic N) is 4. The summed E-state index contributed by atoms with van der Waals surface area (Å²) in [7, 11) is 1.63. The number of fused-ring (bicyclic) bond motifs is 2. The van der Waals surface area contributed by atoms with Crippen molar-refractivity contribution in [2.75, 3.05) is 12.5 Å². The number of hydrogen-bond acceptors (Lipinski definition) is 6. The fraction of sp³-hybridized carbons (Fsp3) is 0.0400. The molecule has 3 aromatic carbocycles. The quantitative estimate of drug-likeness (QED) is 0.208. The van der Waals surface area contributed by atoms with Gasteiger partial charge in [0.15, 0.2) is 0 Å². The second-order valence-electron chi connectivity index (χ2n) is 7.08. The molecule has 0 saturated heterocycles. The van der Waals surface area contributed by atoms with Crippen molar-refractivity contribution in [3.8, 4) is 17.0 Å². The molecule has 1 N–H and O–H groups in total. The van der Waals surface area contributed by atoms with Crippen molar-refractivity contribution in [2.45, 2.75) is 0 Å². The van der Waals surface area contributed by atoms with Crippen LogP contribution in [0.4, 0.5) is 5.95 Å². The molecule has 0 unspecified atom stereocenters. The molecule has 0 bridgehead atoms. The topological polar surface area (TPSA) is 72.3 Å². The second kappa shape index (κ2) is 8.61. The van der Waals surface area contributed by atoms with E-state index in [2.05, 4.69) is 20.5 Å². The summed E-state index contributed by atoms with van der Waals surface area (Å²) in [6.45, 7) is 0. The maximum atomic E-state index is 6.35. The number of methoxy groups -OCH3 is 1. The molecule has 0 atom stereocenters. The molecular weight excluding hydrogens is 422 g/mol. The fourth-order valence-electron chi connectivity index (χ4n) is 3.47. The maximum Gasteiger partial charge on any atom is 0.244 e. The summed E-state index contributed by atoms with van der Waals surface area (Å²) in [5, 5.41) is 6.55. The summed E-state index contributed by atoms with van der Waals surface area (Å²) in [6, 6.07) is 25.4. The number of hydrogen-bond donors (Lipinski definition) is 1. The highest BCUT2D eigenvalue weighted by Gasteiger charge is 2.09. The number of nitrogens with one attached hydrogen (secondary N) is 1. The van der Waals surface area contributed by atoms with E-state index in [1.165, 1.54) is 0 Å². The van der Waals surface area contributed by atoms with Crippen LogP contribution in [0, 0.1) is 0 Å². The Morgan fingerprint density at radius 3 is 2.53 bits per heavy atom. The summed E-state index contributed by atoms with van der Waals surface area (Å²) in [4.78, 5) is 13.7. The van der Waals surface area contributed by atoms with Crippen LogP contribution < -0.4 is 10.2 Å². The Labute approximate surface area is 189 Å². The number of halogens is 1. The van der Waals surface area contributed by atoms with E-state index < -0.39 is 0 Å². The van der Waals surface area contributed by atoms with Crippen molar-refractivity contribution in [1.82, 2.24) is 15.0 Å². The van der Waals surface area contributed by atoms with Gasteiger partial charge in [-0.3, -0.25) is 0 Å². The first-order valence-electron chi connectivity index (χ1n) is 9.97. The molecule has 5 aromatic rings. The number of pyridine rings is 1. The Balaban J connectivity index is 1.48. The second-order valence-corrected chi connectivity index (χ2v) is 7.43. The standard InChI is InChI=1S/C25H18ClN5O/c1-32-19-11-12-21-17(14-19)13-18(24(26)28-21)15-27-31-25-29-22-10-6-5-9-20(22)23(30-25)16-7-3-2-4-8-16/h2-15H,1H3,(H,29,30,31)/b27-15-. The van der Waals surface area contributed by atoms with Crippen LogP contribution in [0.3, 0.4) is 0 Å². The fourth-order valence-corrected chi connectivity index (χ4v) is 3.66. The molecule has 156 valence electrons. The van der Waals surface area contributed by atoms with Gasteiger partial charge in [0.05, 0.1) is 30.1 Å². The molecular formula is C25H18ClN5O. The first-order valence-corrected chi connectivity index (χ1v) is 10.3. The van der Waals surface area contributed by atoms with Crippen molar-refractivity contribution >= 4 is 45.6 Å². The molecule has 0 fully saturated rings. The van der Waals surface area contributed by atoms with Gasteiger partial charge in [0.1, 0.15) is 10.9 Å². The Morgan fingerprint density at radius 2 is 1.69 bits per heavy atom. The van der Waals surface area contributed by atoms with E-state index in [-0.39, 0.29) is 0 Å². The molecule has 2 aromatic heterocycles. The van der Waals surface area contributed by atoms with Gasteiger partial charge in [-0.1, -0.05) is 60.1 Å². The van der Waals surface area contributed by atoms with Crippen LogP contribution in [-0.4, -0.2) is 28.3 Å². The van der Waals surface area contributed by atoms with Crippen LogP contribution in [0.1, 0.15) is 5.56 Å². The Morgan fingerprint density at radius 1 is 0.875 bits per heavy atom. The lowest BCUT2D eigenvalue weighted by Crippen LogP contribution is -2.00. The molecule has 5 rings (SSSR count). The van der Waals surface area contributed by atoms with Gasteiger partial charge in [-0.05, 0) is 30.3 Å². The van der Waals surface area contributed by atoms with Gasteiger partial charge < -0.3 is 4.74 Å². The summed E-state index contributed by atoms with van der Waals surface area (Å²) < 4.78 is 5.29. The van der Waals surface area contributed by atoms with E-state index in [9.17, 15) is 0 Å². The van der Waals surface area contributed by atoms with Gasteiger partial charge >= 0.3 is 0 Å². The van der Waals surface area contributed by atoms with Gasteiger partial charge in [-0.2, -0.15) is 5.10 Å². The van der Waals surface area contributed by atoms with Crippen molar-refractivity contribution < 1.29 is 4.74 Å². The number of para-hydroxylation sites is 1. The van der Waals surface area contributed by atoms with Gasteiger partial charge in [0.25, 0.3) is 0 Å². The number of aromatic nitrogens is 3. The lowest BCUT2D eigenvalue weighted by atomic mass is 10.1. The molecule has 0 aliphatic heterocycles. The van der Waals surface area contributed by atoms with Crippen molar-refractivity contribution in [2.24, 2.45) is 5.10 Å². The minimum Gasteiger partial charge on any atom is -0.497 e. The number of benzene rings is 3. The smallest absolute Gasteiger partial charge is 0.244 e. The van der Waals surface area contributed by atoms with E-state index in [1.54, 1.807) is 13.3 Å². The predicted octanol–water partition coefficient (Wildman–Crippen LogP) is 5.95. The zero-order valence-electron chi connectivity index (χ0n) is 17.2. The van der Waals surface area contributed by atoms with Gasteiger partial charge in [0, 0.05) is 21.9 Å². The summed E-state index contributed by atoms with van der Waals surface area (Å²) in [5.74, 6) is 1.14. The number of ether oxygens (including phenoxy) is 1. The number of rotatable bonds is 5. The van der Waals surface area contributed by atoms with Crippen LogP contribution >= 0.6 is 11.6 Å². The third kappa shape index (κ3) is 3.96. The summed E-state index contributed by atoms with van der Waals surface area (Å²) >= 11 is 6.35. The van der Waals surface area contributed by atoms with Crippen molar-refractivity contribution in [1.29, 1.82) is 0 Å². The first kappa shape index (κ1) is 19.9. The molecule has 0 spiro atoms. The predicted molar refractivity (Wildman–Crippen MR) is 129 cm³/mol. The molecule has 0 radical (unpaired) electrons. The van der Waals surface area contributed by atoms with Crippen LogP contribution in [0.5, 0.6) is 5.75 Å². The van der Waals surface area contributed by atoms with Crippen LogP contribution in [0.25, 0.3) is 33.1 Å². The SMILES string of the molecule is COc1ccc2nc(Cl)c(/C=N\Nc3nc(-c4ccccc4)c4ccccc4n3)cc2c1. The first-order chi connectivity index (χ1) is 15.7. The molecule has 0 aliphatic carbocycles. The summed E-state index contributed by atoms with van der Waals surface area (Å²) in [6.07, 6.45) is 1.61. The zero-order chi connectivity index (χ0) is 21.9. The highest BCUT2D eigenvalue weighted by molar-refractivity contribution is 6.32. The largest absolute Gasteiger partial charge is 0.497 e. The molecule has 2 heterocycles. The van der Waals surface area contributed by atoms with E-state index in [0.29, 0.717) is 16.7 Å². The third-order valence-electron chi connectivity index (χ3n) is 5.02. The Hall–Kier alpha value is -4.03. The monoisotopic (exact) mass is 439 g/mol. The molecule has 6 nitrogen and oxygen atoms in total.